The predicted octanol–water partition coefficient (Wildman–Crippen LogP) is 2.28. The van der Waals surface area contributed by atoms with E-state index in [0.29, 0.717) is 11.2 Å². The van der Waals surface area contributed by atoms with E-state index < -0.39 is 10.0 Å². The zero-order valence-corrected chi connectivity index (χ0v) is 14.3. The molecule has 7 nitrogen and oxygen atoms in total. The maximum Gasteiger partial charge on any atom is 0.263 e. The van der Waals surface area contributed by atoms with Crippen molar-refractivity contribution in [2.75, 3.05) is 4.72 Å². The molecule has 0 amide bonds. The number of Topliss-reactive ketones (excluding diaryl/α,β-unsaturated/α-hetero) is 1. The van der Waals surface area contributed by atoms with Gasteiger partial charge in [-0.2, -0.15) is 5.10 Å². The molecule has 0 aliphatic rings. The van der Waals surface area contributed by atoms with Crippen LogP contribution in [-0.2, 0) is 17.1 Å². The van der Waals surface area contributed by atoms with Crippen LogP contribution in [0.1, 0.15) is 23.0 Å². The molecule has 3 rings (SSSR count). The van der Waals surface area contributed by atoms with E-state index in [1.807, 2.05) is 19.1 Å². The van der Waals surface area contributed by atoms with Crippen molar-refractivity contribution in [3.63, 3.8) is 0 Å². The number of sulfonamides is 1. The summed E-state index contributed by atoms with van der Waals surface area (Å²) in [7, 11) is -2.08. The van der Waals surface area contributed by atoms with E-state index in [0.717, 1.165) is 10.9 Å². The normalized spacial score (nSPS) is 11.6. The summed E-state index contributed by atoms with van der Waals surface area (Å²) < 4.78 is 29.5. The summed E-state index contributed by atoms with van der Waals surface area (Å²) in [4.78, 5) is 15.1. The maximum atomic E-state index is 12.6. The van der Waals surface area contributed by atoms with E-state index >= 15 is 0 Å². The Morgan fingerprint density at radius 3 is 2.54 bits per heavy atom. The first kappa shape index (κ1) is 16.1. The molecule has 0 unspecified atom stereocenters. The largest absolute Gasteiger partial charge is 0.293 e. The van der Waals surface area contributed by atoms with Crippen molar-refractivity contribution in [3.8, 4) is 0 Å². The molecule has 24 heavy (non-hydrogen) atoms. The fraction of sp³-hybridized carbons (Fsp3) is 0.188. The van der Waals surface area contributed by atoms with Crippen LogP contribution in [-0.4, -0.2) is 29.0 Å². The number of nitrogens with one attached hydrogen (secondary N) is 1. The number of aryl methyl sites for hydroxylation is 2. The third-order valence-corrected chi connectivity index (χ3v) is 5.09. The lowest BCUT2D eigenvalue weighted by Crippen LogP contribution is -2.15. The molecule has 2 heterocycles. The number of aromatic nitrogens is 3. The molecule has 1 aromatic carbocycles. The number of benzene rings is 1. The first-order valence-electron chi connectivity index (χ1n) is 7.21. The summed E-state index contributed by atoms with van der Waals surface area (Å²) in [5.41, 5.74) is 2.18. The second-order valence-corrected chi connectivity index (χ2v) is 7.19. The summed E-state index contributed by atoms with van der Waals surface area (Å²) in [6.45, 7) is 3.20. The Morgan fingerprint density at radius 2 is 1.92 bits per heavy atom. The lowest BCUT2D eigenvalue weighted by molar-refractivity contribution is 0.101. The van der Waals surface area contributed by atoms with Crippen LogP contribution in [0.2, 0.25) is 0 Å². The number of pyridine rings is 1. The van der Waals surface area contributed by atoms with Crippen LogP contribution in [0.3, 0.4) is 0 Å². The number of anilines is 1. The second kappa shape index (κ2) is 5.72. The zero-order valence-electron chi connectivity index (χ0n) is 13.4. The molecule has 1 N–H and O–H groups in total. The highest BCUT2D eigenvalue weighted by atomic mass is 32.2. The predicted molar refractivity (Wildman–Crippen MR) is 90.5 cm³/mol. The number of rotatable bonds is 4. The van der Waals surface area contributed by atoms with Crippen molar-refractivity contribution >= 4 is 32.4 Å². The highest BCUT2D eigenvalue weighted by Crippen LogP contribution is 2.28. The van der Waals surface area contributed by atoms with Crippen LogP contribution in [0.15, 0.2) is 41.6 Å². The Hall–Kier alpha value is -2.74. The third kappa shape index (κ3) is 2.76. The molecule has 0 bridgehead atoms. The smallest absolute Gasteiger partial charge is 0.263 e. The van der Waals surface area contributed by atoms with Crippen molar-refractivity contribution in [3.05, 3.63) is 47.9 Å². The lowest BCUT2D eigenvalue weighted by atomic mass is 10.1. The number of carbonyl (C=O) groups excluding carboxylic acids is 1. The van der Waals surface area contributed by atoms with Crippen molar-refractivity contribution in [2.24, 2.45) is 7.05 Å². The average Bonchev–Trinajstić information content (AvgIpc) is 2.92. The Morgan fingerprint density at radius 1 is 1.17 bits per heavy atom. The van der Waals surface area contributed by atoms with Crippen LogP contribution >= 0.6 is 0 Å². The van der Waals surface area contributed by atoms with Gasteiger partial charge in [-0.15, -0.1) is 0 Å². The van der Waals surface area contributed by atoms with Crippen LogP contribution < -0.4 is 4.72 Å². The molecule has 8 heteroatoms. The lowest BCUT2D eigenvalue weighted by Gasteiger charge is -2.12. The molecule has 0 saturated heterocycles. The van der Waals surface area contributed by atoms with Crippen LogP contribution in [0.4, 0.5) is 5.69 Å². The highest BCUT2D eigenvalue weighted by Gasteiger charge is 2.19. The van der Waals surface area contributed by atoms with Gasteiger partial charge in [-0.25, -0.2) is 8.42 Å². The summed E-state index contributed by atoms with van der Waals surface area (Å²) in [5.74, 6) is -0.220. The van der Waals surface area contributed by atoms with Crippen LogP contribution in [0.25, 0.3) is 10.9 Å². The van der Waals surface area contributed by atoms with Gasteiger partial charge in [0.2, 0.25) is 0 Å². The summed E-state index contributed by atoms with van der Waals surface area (Å²) in [6.07, 6.45) is 2.85. The van der Waals surface area contributed by atoms with E-state index in [1.165, 1.54) is 25.3 Å². The van der Waals surface area contributed by atoms with Gasteiger partial charge in [0.1, 0.15) is 10.6 Å². The summed E-state index contributed by atoms with van der Waals surface area (Å²) >= 11 is 0. The van der Waals surface area contributed by atoms with Crippen molar-refractivity contribution < 1.29 is 13.2 Å². The van der Waals surface area contributed by atoms with Gasteiger partial charge >= 0.3 is 0 Å². The minimum absolute atomic E-state index is 0.00827. The molecule has 0 radical (unpaired) electrons. The molecule has 0 aliphatic carbocycles. The van der Waals surface area contributed by atoms with Crippen LogP contribution in [0, 0.1) is 6.92 Å². The van der Waals surface area contributed by atoms with E-state index in [-0.39, 0.29) is 16.4 Å². The van der Waals surface area contributed by atoms with E-state index in [9.17, 15) is 13.2 Å². The van der Waals surface area contributed by atoms with Gasteiger partial charge in [0.05, 0.1) is 17.4 Å². The van der Waals surface area contributed by atoms with Crippen molar-refractivity contribution in [1.29, 1.82) is 0 Å². The summed E-state index contributed by atoms with van der Waals surface area (Å²) in [5, 5.41) is 5.00. The van der Waals surface area contributed by atoms with Gasteiger partial charge in [-0.3, -0.25) is 19.2 Å². The molecule has 124 valence electrons. The van der Waals surface area contributed by atoms with E-state index in [2.05, 4.69) is 14.8 Å². The minimum atomic E-state index is -3.83. The first-order valence-corrected chi connectivity index (χ1v) is 8.69. The maximum absolute atomic E-state index is 12.6. The quantitative estimate of drug-likeness (QED) is 0.733. The number of ketones is 1. The van der Waals surface area contributed by atoms with Gasteiger partial charge < -0.3 is 0 Å². The van der Waals surface area contributed by atoms with Gasteiger partial charge in [0, 0.05) is 25.6 Å². The van der Waals surface area contributed by atoms with Gasteiger partial charge in [0.15, 0.2) is 5.78 Å². The third-order valence-electron chi connectivity index (χ3n) is 3.75. The molecule has 0 atom stereocenters. The Labute approximate surface area is 139 Å². The monoisotopic (exact) mass is 344 g/mol. The highest BCUT2D eigenvalue weighted by molar-refractivity contribution is 7.92. The second-order valence-electron chi connectivity index (χ2n) is 5.50. The number of fused-ring (bicyclic) bond motifs is 1. The standard InChI is InChI=1S/C16H16N4O3S/c1-10-4-5-12-8-18-20(3)16(12)15(10)19-24(22,23)13-6-7-14(11(2)21)17-9-13/h4-9,19H,1-3H3. The topological polar surface area (TPSA) is 94.0 Å². The molecule has 0 spiro atoms. The summed E-state index contributed by atoms with van der Waals surface area (Å²) in [6, 6.07) is 6.48. The van der Waals surface area contributed by atoms with E-state index in [4.69, 9.17) is 0 Å². The van der Waals surface area contributed by atoms with Crippen molar-refractivity contribution in [2.45, 2.75) is 18.7 Å². The molecular weight excluding hydrogens is 328 g/mol. The van der Waals surface area contributed by atoms with Crippen LogP contribution in [0.5, 0.6) is 0 Å². The molecule has 0 fully saturated rings. The minimum Gasteiger partial charge on any atom is -0.293 e. The molecular formula is C16H16N4O3S. The Balaban J connectivity index is 2.05. The van der Waals surface area contributed by atoms with E-state index in [1.54, 1.807) is 17.9 Å². The average molecular weight is 344 g/mol. The molecule has 2 aromatic heterocycles. The number of hydrogen-bond acceptors (Lipinski definition) is 5. The van der Waals surface area contributed by atoms with Gasteiger partial charge in [-0.1, -0.05) is 12.1 Å². The molecule has 3 aromatic rings. The Kier molecular flexibility index (Phi) is 3.84. The number of nitrogens with zero attached hydrogens (tertiary/aromatic N) is 3. The number of hydrogen-bond donors (Lipinski definition) is 1. The first-order chi connectivity index (χ1) is 11.3. The van der Waals surface area contributed by atoms with Crippen molar-refractivity contribution in [1.82, 2.24) is 14.8 Å². The fourth-order valence-corrected chi connectivity index (χ4v) is 3.52. The fourth-order valence-electron chi connectivity index (χ4n) is 2.44. The SMILES string of the molecule is CC(=O)c1ccc(S(=O)(=O)Nc2c(C)ccc3cnn(C)c23)cn1. The van der Waals surface area contributed by atoms with Gasteiger partial charge in [-0.05, 0) is 24.6 Å². The number of carbonyl (C=O) groups is 1. The zero-order chi connectivity index (χ0) is 17.5. The van der Waals surface area contributed by atoms with Gasteiger partial charge in [0.25, 0.3) is 10.0 Å². The molecule has 0 aliphatic heterocycles. The molecule has 0 saturated carbocycles. The Bertz CT molecular complexity index is 1040.